The maximum atomic E-state index is 13.4. The van der Waals surface area contributed by atoms with Crippen molar-refractivity contribution in [3.05, 3.63) is 35.3 Å². The number of carbonyl (C=O) groups excluding carboxylic acids is 2. The zero-order valence-electron chi connectivity index (χ0n) is 23.9. The van der Waals surface area contributed by atoms with Crippen molar-refractivity contribution in [2.24, 2.45) is 5.92 Å². The molecule has 4 heterocycles. The molecule has 1 saturated carbocycles. The minimum Gasteiger partial charge on any atom is -0.340 e. The van der Waals surface area contributed by atoms with Gasteiger partial charge in [-0.1, -0.05) is 11.3 Å². The van der Waals surface area contributed by atoms with Crippen LogP contribution in [-0.2, 0) is 22.4 Å². The van der Waals surface area contributed by atoms with Crippen LogP contribution in [0.3, 0.4) is 0 Å². The monoisotopic (exact) mass is 561 g/mol. The van der Waals surface area contributed by atoms with Gasteiger partial charge in [0.15, 0.2) is 5.13 Å². The van der Waals surface area contributed by atoms with E-state index < -0.39 is 0 Å². The number of aryl methyl sites for hydroxylation is 2. The van der Waals surface area contributed by atoms with Crippen molar-refractivity contribution in [1.29, 1.82) is 0 Å². The molecule has 0 atom stereocenters. The Hall–Kier alpha value is -3.11. The smallest absolute Gasteiger partial charge is 0.225 e. The number of fused-ring (bicyclic) bond motifs is 3. The van der Waals surface area contributed by atoms with Crippen molar-refractivity contribution >= 4 is 28.3 Å². The lowest BCUT2D eigenvalue weighted by Gasteiger charge is -2.39. The van der Waals surface area contributed by atoms with Crippen LogP contribution in [0.25, 0.3) is 21.8 Å². The van der Waals surface area contributed by atoms with Crippen LogP contribution in [0.1, 0.15) is 69.4 Å². The Balaban J connectivity index is 1.26. The lowest BCUT2D eigenvalue weighted by molar-refractivity contribution is -0.138. The highest BCUT2D eigenvalue weighted by molar-refractivity contribution is 7.19. The summed E-state index contributed by atoms with van der Waals surface area (Å²) in [5.74, 6) is 0.319. The number of carbonyl (C=O) groups is 2. The van der Waals surface area contributed by atoms with E-state index in [1.165, 1.54) is 23.8 Å². The molecule has 2 aliphatic carbocycles. The fraction of sp³-hybridized carbons (Fsp3) is 0.567. The third-order valence-corrected chi connectivity index (χ3v) is 9.77. The van der Waals surface area contributed by atoms with E-state index in [0.29, 0.717) is 17.1 Å². The van der Waals surface area contributed by atoms with E-state index in [-0.39, 0.29) is 17.9 Å². The van der Waals surface area contributed by atoms with Gasteiger partial charge in [0.25, 0.3) is 0 Å². The minimum absolute atomic E-state index is 0.0966. The van der Waals surface area contributed by atoms with Gasteiger partial charge in [0.05, 0.1) is 28.0 Å². The molecule has 0 spiro atoms. The van der Waals surface area contributed by atoms with Crippen LogP contribution in [0.4, 0.5) is 5.13 Å². The first-order chi connectivity index (χ1) is 19.3. The molecule has 1 saturated heterocycles. The summed E-state index contributed by atoms with van der Waals surface area (Å²) in [5, 5.41) is 8.76. The largest absolute Gasteiger partial charge is 0.340 e. The van der Waals surface area contributed by atoms with Gasteiger partial charge in [-0.2, -0.15) is 5.10 Å². The molecule has 40 heavy (non-hydrogen) atoms. The summed E-state index contributed by atoms with van der Waals surface area (Å²) >= 11 is 1.54. The minimum atomic E-state index is -0.111. The Morgan fingerprint density at radius 1 is 1.05 bits per heavy atom. The highest BCUT2D eigenvalue weighted by atomic mass is 32.1. The van der Waals surface area contributed by atoms with Crippen molar-refractivity contribution < 1.29 is 9.59 Å². The molecule has 3 aromatic heterocycles. The van der Waals surface area contributed by atoms with Crippen LogP contribution >= 0.6 is 11.3 Å². The number of piperazine rings is 1. The average Bonchev–Trinajstić information content (AvgIpc) is 3.54. The zero-order valence-corrected chi connectivity index (χ0v) is 24.8. The Kier molecular flexibility index (Phi) is 7.48. The molecule has 3 aromatic rings. The molecule has 0 bridgehead atoms. The van der Waals surface area contributed by atoms with Crippen LogP contribution in [0.2, 0.25) is 0 Å². The molecule has 1 N–H and O–H groups in total. The number of anilines is 1. The first-order valence-electron chi connectivity index (χ1n) is 14.6. The molecule has 10 heteroatoms. The number of nitrogens with zero attached hydrogens (tertiary/aromatic N) is 6. The van der Waals surface area contributed by atoms with Gasteiger partial charge in [0, 0.05) is 68.1 Å². The first-order valence-corrected chi connectivity index (χ1v) is 15.4. The van der Waals surface area contributed by atoms with Gasteiger partial charge >= 0.3 is 0 Å². The van der Waals surface area contributed by atoms with Crippen molar-refractivity contribution in [2.75, 3.05) is 31.5 Å². The normalized spacial score (nSPS) is 21.3. The summed E-state index contributed by atoms with van der Waals surface area (Å²) in [5.41, 5.74) is 6.39. The first kappa shape index (κ1) is 27.1. The number of rotatable bonds is 5. The second kappa shape index (κ2) is 11.0. The number of pyridine rings is 1. The Morgan fingerprint density at radius 2 is 1.80 bits per heavy atom. The number of hydrogen-bond acceptors (Lipinski definition) is 7. The van der Waals surface area contributed by atoms with Gasteiger partial charge in [-0.15, -0.1) is 0 Å². The van der Waals surface area contributed by atoms with E-state index in [2.05, 4.69) is 44.7 Å². The molecule has 2 fully saturated rings. The Bertz CT molecular complexity index is 1390. The fourth-order valence-corrected chi connectivity index (χ4v) is 7.61. The van der Waals surface area contributed by atoms with E-state index >= 15 is 0 Å². The number of hydrogen-bond donors (Lipinski definition) is 1. The molecule has 9 nitrogen and oxygen atoms in total. The summed E-state index contributed by atoms with van der Waals surface area (Å²) in [6.07, 6.45) is 7.21. The third-order valence-electron chi connectivity index (χ3n) is 8.75. The molecule has 212 valence electrons. The van der Waals surface area contributed by atoms with Gasteiger partial charge < -0.3 is 10.2 Å². The van der Waals surface area contributed by atoms with Crippen molar-refractivity contribution in [1.82, 2.24) is 29.5 Å². The van der Waals surface area contributed by atoms with Crippen LogP contribution in [-0.4, -0.2) is 73.6 Å². The van der Waals surface area contributed by atoms with Crippen molar-refractivity contribution in [3.63, 3.8) is 0 Å². The highest BCUT2D eigenvalue weighted by Crippen LogP contribution is 2.46. The lowest BCUT2D eigenvalue weighted by Crippen LogP contribution is -2.52. The van der Waals surface area contributed by atoms with Gasteiger partial charge in [0.1, 0.15) is 0 Å². The lowest BCUT2D eigenvalue weighted by atomic mass is 9.84. The number of nitrogens with one attached hydrogen (secondary N) is 1. The van der Waals surface area contributed by atoms with Crippen LogP contribution in [0, 0.1) is 12.8 Å². The predicted molar refractivity (Wildman–Crippen MR) is 157 cm³/mol. The van der Waals surface area contributed by atoms with Crippen LogP contribution in [0.5, 0.6) is 0 Å². The molecular weight excluding hydrogens is 522 g/mol. The average molecular weight is 562 g/mol. The van der Waals surface area contributed by atoms with E-state index in [9.17, 15) is 9.59 Å². The van der Waals surface area contributed by atoms with Gasteiger partial charge in [-0.05, 0) is 71.4 Å². The number of aromatic nitrogens is 4. The topological polar surface area (TPSA) is 96.2 Å². The quantitative estimate of drug-likeness (QED) is 0.484. The SMILES string of the molecule is CC(=O)Nc1nc2c(s1)-c1c(c(-c3ccc(C)nc3)nn1[C@H]1CC[C@H](C(=O)N3CCN(C(C)C)CC3)CC1)CC2. The Labute approximate surface area is 240 Å². The van der Waals surface area contributed by atoms with E-state index in [4.69, 9.17) is 10.1 Å². The van der Waals surface area contributed by atoms with E-state index in [0.717, 1.165) is 97.9 Å². The summed E-state index contributed by atoms with van der Waals surface area (Å²) in [4.78, 5) is 40.1. The summed E-state index contributed by atoms with van der Waals surface area (Å²) < 4.78 is 2.22. The van der Waals surface area contributed by atoms with Crippen LogP contribution < -0.4 is 5.32 Å². The van der Waals surface area contributed by atoms with Crippen molar-refractivity contribution in [3.8, 4) is 21.8 Å². The maximum Gasteiger partial charge on any atom is 0.225 e. The molecule has 0 aromatic carbocycles. The molecule has 1 aliphatic heterocycles. The molecule has 6 rings (SSSR count). The van der Waals surface area contributed by atoms with Gasteiger partial charge in [0.2, 0.25) is 11.8 Å². The fourth-order valence-electron chi connectivity index (χ4n) is 6.49. The summed E-state index contributed by atoms with van der Waals surface area (Å²) in [7, 11) is 0. The Morgan fingerprint density at radius 3 is 2.45 bits per heavy atom. The highest BCUT2D eigenvalue weighted by Gasteiger charge is 2.36. The standard InChI is InChI=1S/C30H39N7O2S/c1-18(2)35-13-15-36(16-14-35)29(39)21-7-9-23(10-8-21)37-27-24(26(34-37)22-6-5-19(3)31-17-22)11-12-25-28(27)40-30(33-25)32-20(4)38/h5-6,17-18,21,23H,7-16H2,1-4H3,(H,32,33,38)/t21-,23-. The molecule has 3 aliphatic rings. The molecule has 0 unspecified atom stereocenters. The number of thiazole rings is 1. The second-order valence-electron chi connectivity index (χ2n) is 11.7. The molecule has 0 radical (unpaired) electrons. The molecule has 2 amide bonds. The number of amides is 2. The predicted octanol–water partition coefficient (Wildman–Crippen LogP) is 4.72. The van der Waals surface area contributed by atoms with Crippen molar-refractivity contribution in [2.45, 2.75) is 78.3 Å². The zero-order chi connectivity index (χ0) is 28.0. The van der Waals surface area contributed by atoms with Gasteiger partial charge in [-0.25, -0.2) is 4.98 Å². The second-order valence-corrected chi connectivity index (χ2v) is 12.7. The third kappa shape index (κ3) is 5.19. The van der Waals surface area contributed by atoms with E-state index in [1.807, 2.05) is 19.2 Å². The summed E-state index contributed by atoms with van der Waals surface area (Å²) in [6.45, 7) is 11.6. The van der Waals surface area contributed by atoms with Crippen LogP contribution in [0.15, 0.2) is 18.3 Å². The summed E-state index contributed by atoms with van der Waals surface area (Å²) in [6, 6.07) is 4.89. The maximum absolute atomic E-state index is 13.4. The molecular formula is C30H39N7O2S. The van der Waals surface area contributed by atoms with Gasteiger partial charge in [-0.3, -0.25) is 24.2 Å². The van der Waals surface area contributed by atoms with E-state index in [1.54, 1.807) is 0 Å².